The van der Waals surface area contributed by atoms with Gasteiger partial charge in [-0.25, -0.2) is 18.1 Å². The van der Waals surface area contributed by atoms with Crippen LogP contribution >= 0.6 is 22.6 Å². The normalized spacial score (nSPS) is 11.9. The standard InChI is InChI=1S/C10H18IN3O2S/c1-3-7-14-8-10(13-9(14)2)17(15,16)12-6-4-5-11/h8,12H,3-7H2,1-2H3. The summed E-state index contributed by atoms with van der Waals surface area (Å²) in [5, 5.41) is 0.122. The van der Waals surface area contributed by atoms with E-state index < -0.39 is 10.0 Å². The summed E-state index contributed by atoms with van der Waals surface area (Å²) in [6.45, 7) is 5.12. The van der Waals surface area contributed by atoms with Crippen LogP contribution in [0.3, 0.4) is 0 Å². The maximum Gasteiger partial charge on any atom is 0.259 e. The molecule has 1 N–H and O–H groups in total. The lowest BCUT2D eigenvalue weighted by Crippen LogP contribution is -2.25. The molecule has 0 aliphatic rings. The number of hydrogen-bond donors (Lipinski definition) is 1. The maximum absolute atomic E-state index is 11.9. The van der Waals surface area contributed by atoms with Gasteiger partial charge in [-0.2, -0.15) is 0 Å². The molecule has 0 saturated carbocycles. The van der Waals surface area contributed by atoms with E-state index in [2.05, 4.69) is 32.3 Å². The van der Waals surface area contributed by atoms with Gasteiger partial charge in [0, 0.05) is 23.7 Å². The Hall–Kier alpha value is -0.150. The van der Waals surface area contributed by atoms with Crippen LogP contribution in [0.25, 0.3) is 0 Å². The molecule has 0 radical (unpaired) electrons. The van der Waals surface area contributed by atoms with Crippen LogP contribution in [0.4, 0.5) is 0 Å². The van der Waals surface area contributed by atoms with E-state index in [0.29, 0.717) is 6.54 Å². The predicted molar refractivity (Wildman–Crippen MR) is 75.9 cm³/mol. The van der Waals surface area contributed by atoms with Gasteiger partial charge in [-0.1, -0.05) is 29.5 Å². The van der Waals surface area contributed by atoms with Gasteiger partial charge in [0.1, 0.15) is 5.82 Å². The number of alkyl halides is 1. The van der Waals surface area contributed by atoms with Crippen molar-refractivity contribution in [3.63, 3.8) is 0 Å². The second-order valence-electron chi connectivity index (χ2n) is 3.76. The molecule has 1 aromatic rings. The van der Waals surface area contributed by atoms with Crippen LogP contribution in [0.1, 0.15) is 25.6 Å². The topological polar surface area (TPSA) is 64.0 Å². The van der Waals surface area contributed by atoms with Crippen molar-refractivity contribution < 1.29 is 8.42 Å². The summed E-state index contributed by atoms with van der Waals surface area (Å²) in [7, 11) is -3.44. The third-order valence-electron chi connectivity index (χ3n) is 2.30. The fraction of sp³-hybridized carbons (Fsp3) is 0.700. The Balaban J connectivity index is 2.80. The first-order valence-electron chi connectivity index (χ1n) is 5.60. The molecule has 1 heterocycles. The number of imidazole rings is 1. The highest BCUT2D eigenvalue weighted by Crippen LogP contribution is 2.09. The second kappa shape index (κ2) is 6.69. The second-order valence-corrected chi connectivity index (χ2v) is 6.55. The SMILES string of the molecule is CCCn1cc(S(=O)(=O)NCCCI)nc1C. The molecule has 0 saturated heterocycles. The van der Waals surface area contributed by atoms with Crippen molar-refractivity contribution in [1.29, 1.82) is 0 Å². The van der Waals surface area contributed by atoms with Gasteiger partial charge in [0.25, 0.3) is 10.0 Å². The zero-order valence-electron chi connectivity index (χ0n) is 10.1. The smallest absolute Gasteiger partial charge is 0.259 e. The Kier molecular flexibility index (Phi) is 5.87. The van der Waals surface area contributed by atoms with Crippen molar-refractivity contribution in [3.05, 3.63) is 12.0 Å². The van der Waals surface area contributed by atoms with Crippen LogP contribution in [-0.4, -0.2) is 28.9 Å². The molecular formula is C10H18IN3O2S. The third-order valence-corrected chi connectivity index (χ3v) is 4.39. The fourth-order valence-corrected chi connectivity index (χ4v) is 2.88. The Morgan fingerprint density at radius 1 is 1.53 bits per heavy atom. The minimum atomic E-state index is -3.44. The molecule has 0 spiro atoms. The molecule has 1 aromatic heterocycles. The monoisotopic (exact) mass is 371 g/mol. The van der Waals surface area contributed by atoms with E-state index in [1.165, 1.54) is 0 Å². The predicted octanol–water partition coefficient (Wildman–Crippen LogP) is 1.70. The van der Waals surface area contributed by atoms with E-state index in [9.17, 15) is 8.42 Å². The van der Waals surface area contributed by atoms with Gasteiger partial charge in [-0.05, 0) is 19.8 Å². The molecule has 98 valence electrons. The van der Waals surface area contributed by atoms with Gasteiger partial charge in [0.2, 0.25) is 0 Å². The van der Waals surface area contributed by atoms with Crippen LogP contribution in [0, 0.1) is 6.92 Å². The lowest BCUT2D eigenvalue weighted by molar-refractivity contribution is 0.577. The van der Waals surface area contributed by atoms with Gasteiger partial charge >= 0.3 is 0 Å². The number of aryl methyl sites for hydroxylation is 2. The summed E-state index contributed by atoms with van der Waals surface area (Å²) in [5.74, 6) is 0.737. The first-order valence-corrected chi connectivity index (χ1v) is 8.61. The summed E-state index contributed by atoms with van der Waals surface area (Å²) in [5.41, 5.74) is 0. The van der Waals surface area contributed by atoms with Crippen molar-refractivity contribution in [2.45, 2.75) is 38.3 Å². The van der Waals surface area contributed by atoms with E-state index in [1.54, 1.807) is 6.20 Å². The van der Waals surface area contributed by atoms with E-state index in [4.69, 9.17) is 0 Å². The van der Waals surface area contributed by atoms with Crippen LogP contribution < -0.4 is 4.72 Å². The van der Waals surface area contributed by atoms with Crippen molar-refractivity contribution in [2.24, 2.45) is 0 Å². The van der Waals surface area contributed by atoms with E-state index in [-0.39, 0.29) is 5.03 Å². The highest BCUT2D eigenvalue weighted by Gasteiger charge is 2.18. The Morgan fingerprint density at radius 3 is 2.82 bits per heavy atom. The van der Waals surface area contributed by atoms with Crippen LogP contribution in [0.15, 0.2) is 11.2 Å². The van der Waals surface area contributed by atoms with Crippen LogP contribution in [-0.2, 0) is 16.6 Å². The van der Waals surface area contributed by atoms with Gasteiger partial charge in [0.05, 0.1) is 0 Å². The van der Waals surface area contributed by atoms with Crippen molar-refractivity contribution >= 4 is 32.6 Å². The summed E-state index contributed by atoms with van der Waals surface area (Å²) in [6, 6.07) is 0. The molecule has 17 heavy (non-hydrogen) atoms. The quantitative estimate of drug-likeness (QED) is 0.451. The number of halogens is 1. The van der Waals surface area contributed by atoms with E-state index in [1.807, 2.05) is 18.4 Å². The molecular weight excluding hydrogens is 353 g/mol. The lowest BCUT2D eigenvalue weighted by Gasteiger charge is -2.02. The molecule has 0 bridgehead atoms. The van der Waals surface area contributed by atoms with Gasteiger partial charge in [-0.3, -0.25) is 0 Å². The maximum atomic E-state index is 11.9. The van der Waals surface area contributed by atoms with Gasteiger partial charge < -0.3 is 4.57 Å². The van der Waals surface area contributed by atoms with Crippen LogP contribution in [0.2, 0.25) is 0 Å². The minimum Gasteiger partial charge on any atom is -0.334 e. The van der Waals surface area contributed by atoms with E-state index in [0.717, 1.165) is 29.6 Å². The number of sulfonamides is 1. The minimum absolute atomic E-state index is 0.122. The Morgan fingerprint density at radius 2 is 2.24 bits per heavy atom. The number of nitrogens with zero attached hydrogens (tertiary/aromatic N) is 2. The number of aromatic nitrogens is 2. The summed E-state index contributed by atoms with van der Waals surface area (Å²) < 4.78 is 29.1. The van der Waals surface area contributed by atoms with Crippen LogP contribution in [0.5, 0.6) is 0 Å². The van der Waals surface area contributed by atoms with Gasteiger partial charge in [-0.15, -0.1) is 0 Å². The number of rotatable bonds is 7. The molecule has 0 aromatic carbocycles. The van der Waals surface area contributed by atoms with Crippen molar-refractivity contribution in [1.82, 2.24) is 14.3 Å². The van der Waals surface area contributed by atoms with Crippen molar-refractivity contribution in [3.8, 4) is 0 Å². The van der Waals surface area contributed by atoms with E-state index >= 15 is 0 Å². The zero-order valence-corrected chi connectivity index (χ0v) is 13.1. The lowest BCUT2D eigenvalue weighted by atomic mass is 10.5. The summed E-state index contributed by atoms with van der Waals surface area (Å²) >= 11 is 2.22. The zero-order chi connectivity index (χ0) is 12.9. The number of nitrogens with one attached hydrogen (secondary N) is 1. The molecule has 0 aliphatic heterocycles. The number of hydrogen-bond acceptors (Lipinski definition) is 3. The molecule has 0 atom stereocenters. The van der Waals surface area contributed by atoms with Crippen molar-refractivity contribution in [2.75, 3.05) is 11.0 Å². The molecule has 0 aliphatic carbocycles. The Labute approximate surface area is 116 Å². The molecule has 7 heteroatoms. The average molecular weight is 371 g/mol. The highest BCUT2D eigenvalue weighted by atomic mass is 127. The molecule has 0 fully saturated rings. The molecule has 1 rings (SSSR count). The Bertz CT molecular complexity index is 456. The first kappa shape index (κ1) is 14.9. The van der Waals surface area contributed by atoms with Gasteiger partial charge in [0.15, 0.2) is 5.03 Å². The summed E-state index contributed by atoms with van der Waals surface area (Å²) in [4.78, 5) is 4.09. The molecule has 0 unspecified atom stereocenters. The summed E-state index contributed by atoms with van der Waals surface area (Å²) in [6.07, 6.45) is 3.39. The third kappa shape index (κ3) is 4.22. The fourth-order valence-electron chi connectivity index (χ4n) is 1.42. The first-order chi connectivity index (χ1) is 8.01. The molecule has 5 nitrogen and oxygen atoms in total. The molecule has 0 amide bonds. The highest BCUT2D eigenvalue weighted by molar-refractivity contribution is 14.1. The largest absolute Gasteiger partial charge is 0.334 e. The average Bonchev–Trinajstić information content (AvgIpc) is 2.62.